The van der Waals surface area contributed by atoms with E-state index in [1.54, 1.807) is 12.1 Å². The Hall–Kier alpha value is -1.84. The van der Waals surface area contributed by atoms with Crippen molar-refractivity contribution in [3.05, 3.63) is 23.8 Å². The first-order valence-electron chi connectivity index (χ1n) is 7.53. The Morgan fingerprint density at radius 1 is 1.00 bits per heavy atom. The topological polar surface area (TPSA) is 52.6 Å². The summed E-state index contributed by atoms with van der Waals surface area (Å²) in [5.74, 6) is 0.239. The van der Waals surface area contributed by atoms with Gasteiger partial charge in [-0.3, -0.25) is 9.59 Å². The van der Waals surface area contributed by atoms with Crippen LogP contribution in [0.15, 0.2) is 18.2 Å². The lowest BCUT2D eigenvalue weighted by atomic mass is 10.0. The van der Waals surface area contributed by atoms with Crippen LogP contribution in [0.5, 0.6) is 11.5 Å². The summed E-state index contributed by atoms with van der Waals surface area (Å²) in [5.41, 5.74) is 0.862. The number of benzene rings is 1. The number of carbonyl (C=O) groups excluding carboxylic acids is 2. The summed E-state index contributed by atoms with van der Waals surface area (Å²) in [6.45, 7) is 7.83. The van der Waals surface area contributed by atoms with E-state index < -0.39 is 0 Å². The Balaban J connectivity index is 3.08. The summed E-state index contributed by atoms with van der Waals surface area (Å²) in [6.07, 6.45) is 2.12. The van der Waals surface area contributed by atoms with Crippen molar-refractivity contribution in [1.82, 2.24) is 0 Å². The van der Waals surface area contributed by atoms with Gasteiger partial charge in [-0.1, -0.05) is 39.8 Å². The quantitative estimate of drug-likeness (QED) is 0.557. The lowest BCUT2D eigenvalue weighted by molar-refractivity contribution is -0.137. The molecule has 0 fully saturated rings. The van der Waals surface area contributed by atoms with Crippen molar-refractivity contribution in [3.63, 3.8) is 0 Å². The molecule has 0 heterocycles. The molecule has 0 radical (unpaired) electrons. The van der Waals surface area contributed by atoms with Gasteiger partial charge in [0.15, 0.2) is 11.5 Å². The molecule has 0 aromatic heterocycles. The lowest BCUT2D eigenvalue weighted by Crippen LogP contribution is -2.13. The minimum atomic E-state index is -0.314. The Labute approximate surface area is 126 Å². The van der Waals surface area contributed by atoms with Crippen molar-refractivity contribution in [3.8, 4) is 11.5 Å². The summed E-state index contributed by atoms with van der Waals surface area (Å²) in [6, 6.07) is 5.35. The molecule has 4 nitrogen and oxygen atoms in total. The lowest BCUT2D eigenvalue weighted by Gasteiger charge is -2.16. The zero-order valence-corrected chi connectivity index (χ0v) is 13.3. The summed E-state index contributed by atoms with van der Waals surface area (Å²) in [4.78, 5) is 23.5. The first-order chi connectivity index (χ1) is 9.99. The molecule has 4 heteroatoms. The molecule has 0 saturated carbocycles. The van der Waals surface area contributed by atoms with Crippen molar-refractivity contribution in [2.45, 2.75) is 59.3 Å². The van der Waals surface area contributed by atoms with Gasteiger partial charge in [-0.05, 0) is 24.8 Å². The molecule has 0 bridgehead atoms. The highest BCUT2D eigenvalue weighted by molar-refractivity contribution is 5.77. The van der Waals surface area contributed by atoms with E-state index in [-0.39, 0.29) is 17.9 Å². The summed E-state index contributed by atoms with van der Waals surface area (Å²) < 4.78 is 10.8. The van der Waals surface area contributed by atoms with Crippen LogP contribution in [-0.4, -0.2) is 11.9 Å². The van der Waals surface area contributed by atoms with Crippen LogP contribution in [0.4, 0.5) is 0 Å². The molecule has 0 aliphatic rings. The third-order valence-electron chi connectivity index (χ3n) is 2.98. The third kappa shape index (κ3) is 5.21. The van der Waals surface area contributed by atoms with Crippen LogP contribution < -0.4 is 9.47 Å². The fourth-order valence-corrected chi connectivity index (χ4v) is 1.92. The Morgan fingerprint density at radius 2 is 1.57 bits per heavy atom. The molecule has 0 amide bonds. The second kappa shape index (κ2) is 8.45. The van der Waals surface area contributed by atoms with Crippen molar-refractivity contribution in [2.75, 3.05) is 0 Å². The van der Waals surface area contributed by atoms with E-state index in [1.807, 2.05) is 33.8 Å². The first kappa shape index (κ1) is 17.2. The fourth-order valence-electron chi connectivity index (χ4n) is 1.92. The van der Waals surface area contributed by atoms with Crippen molar-refractivity contribution in [2.24, 2.45) is 0 Å². The molecule has 0 saturated heterocycles. The SMILES string of the molecule is CCCC(=O)Oc1cccc(C(C)C)c1OC(=O)CCC. The van der Waals surface area contributed by atoms with Gasteiger partial charge in [0.25, 0.3) is 0 Å². The van der Waals surface area contributed by atoms with Gasteiger partial charge in [0.1, 0.15) is 0 Å². The molecule has 1 aromatic rings. The molecule has 0 spiro atoms. The molecule has 0 N–H and O–H groups in total. The first-order valence-corrected chi connectivity index (χ1v) is 7.53. The van der Waals surface area contributed by atoms with Crippen LogP contribution in [0.1, 0.15) is 64.9 Å². The smallest absolute Gasteiger partial charge is 0.311 e. The van der Waals surface area contributed by atoms with Crippen LogP contribution in [0.25, 0.3) is 0 Å². The Kier molecular flexibility index (Phi) is 6.92. The number of hydrogen-bond donors (Lipinski definition) is 0. The molecular weight excluding hydrogens is 268 g/mol. The predicted octanol–water partition coefficient (Wildman–Crippen LogP) is 4.22. The highest BCUT2D eigenvalue weighted by Gasteiger charge is 2.18. The monoisotopic (exact) mass is 292 g/mol. The van der Waals surface area contributed by atoms with E-state index in [4.69, 9.17) is 9.47 Å². The molecule has 0 atom stereocenters. The number of carbonyl (C=O) groups is 2. The van der Waals surface area contributed by atoms with Crippen molar-refractivity contribution in [1.29, 1.82) is 0 Å². The Bertz CT molecular complexity index is 492. The number of ether oxygens (including phenoxy) is 2. The fraction of sp³-hybridized carbons (Fsp3) is 0.529. The number of rotatable bonds is 7. The normalized spacial score (nSPS) is 10.5. The van der Waals surface area contributed by atoms with Crippen LogP contribution >= 0.6 is 0 Å². The molecule has 116 valence electrons. The molecule has 0 aliphatic carbocycles. The number of hydrogen-bond acceptors (Lipinski definition) is 4. The van der Waals surface area contributed by atoms with Gasteiger partial charge >= 0.3 is 11.9 Å². The zero-order chi connectivity index (χ0) is 15.8. The Morgan fingerprint density at radius 3 is 2.10 bits per heavy atom. The van der Waals surface area contributed by atoms with Gasteiger partial charge in [0.2, 0.25) is 0 Å². The molecule has 0 aliphatic heterocycles. The summed E-state index contributed by atoms with van der Waals surface area (Å²) in [7, 11) is 0. The maximum Gasteiger partial charge on any atom is 0.311 e. The maximum atomic E-state index is 11.8. The van der Waals surface area contributed by atoms with E-state index in [0.29, 0.717) is 37.2 Å². The van der Waals surface area contributed by atoms with Gasteiger partial charge in [0, 0.05) is 18.4 Å². The van der Waals surface area contributed by atoms with Gasteiger partial charge in [0.05, 0.1) is 0 Å². The van der Waals surface area contributed by atoms with Gasteiger partial charge < -0.3 is 9.47 Å². The van der Waals surface area contributed by atoms with Gasteiger partial charge in [-0.15, -0.1) is 0 Å². The van der Waals surface area contributed by atoms with E-state index in [0.717, 1.165) is 5.56 Å². The van der Waals surface area contributed by atoms with E-state index in [2.05, 4.69) is 0 Å². The minimum Gasteiger partial charge on any atom is -0.423 e. The van der Waals surface area contributed by atoms with E-state index >= 15 is 0 Å². The molecule has 0 unspecified atom stereocenters. The van der Waals surface area contributed by atoms with Gasteiger partial charge in [-0.2, -0.15) is 0 Å². The van der Waals surface area contributed by atoms with E-state index in [1.165, 1.54) is 0 Å². The van der Waals surface area contributed by atoms with Crippen LogP contribution in [-0.2, 0) is 9.59 Å². The summed E-state index contributed by atoms with van der Waals surface area (Å²) >= 11 is 0. The standard InChI is InChI=1S/C17H24O4/c1-5-8-15(18)20-14-11-7-10-13(12(3)4)17(14)21-16(19)9-6-2/h7,10-12H,5-6,8-9H2,1-4H3. The van der Waals surface area contributed by atoms with Crippen LogP contribution in [0.2, 0.25) is 0 Å². The third-order valence-corrected chi connectivity index (χ3v) is 2.98. The molecule has 1 rings (SSSR count). The van der Waals surface area contributed by atoms with Crippen LogP contribution in [0.3, 0.4) is 0 Å². The molecule has 21 heavy (non-hydrogen) atoms. The average molecular weight is 292 g/mol. The second-order valence-electron chi connectivity index (χ2n) is 5.28. The van der Waals surface area contributed by atoms with Gasteiger partial charge in [-0.25, -0.2) is 0 Å². The number of para-hydroxylation sites is 1. The van der Waals surface area contributed by atoms with Crippen LogP contribution in [0, 0.1) is 0 Å². The highest BCUT2D eigenvalue weighted by atomic mass is 16.6. The largest absolute Gasteiger partial charge is 0.423 e. The maximum absolute atomic E-state index is 11.8. The minimum absolute atomic E-state index is 0.166. The zero-order valence-electron chi connectivity index (χ0n) is 13.3. The molecule has 1 aromatic carbocycles. The van der Waals surface area contributed by atoms with Crippen molar-refractivity contribution >= 4 is 11.9 Å². The average Bonchev–Trinajstić information content (AvgIpc) is 2.40. The van der Waals surface area contributed by atoms with Crippen molar-refractivity contribution < 1.29 is 19.1 Å². The predicted molar refractivity (Wildman–Crippen MR) is 81.6 cm³/mol. The second-order valence-corrected chi connectivity index (χ2v) is 5.28. The summed E-state index contributed by atoms with van der Waals surface area (Å²) in [5, 5.41) is 0. The highest BCUT2D eigenvalue weighted by Crippen LogP contribution is 2.36. The van der Waals surface area contributed by atoms with E-state index in [9.17, 15) is 9.59 Å². The number of esters is 2. The molecular formula is C17H24O4.